The van der Waals surface area contributed by atoms with Crippen molar-refractivity contribution in [3.8, 4) is 0 Å². The number of thiazole rings is 1. The second-order valence-corrected chi connectivity index (χ2v) is 6.51. The van der Waals surface area contributed by atoms with E-state index in [4.69, 9.17) is 0 Å². The van der Waals surface area contributed by atoms with Crippen LogP contribution in [0.4, 0.5) is 5.69 Å². The Morgan fingerprint density at radius 1 is 1.28 bits per heavy atom. The average molecular weight is 325 g/mol. The highest BCUT2D eigenvalue weighted by Gasteiger charge is 2.12. The molecule has 1 aromatic carbocycles. The molecule has 0 aliphatic rings. The number of aryl methyl sites for hydroxylation is 3. The van der Waals surface area contributed by atoms with Crippen molar-refractivity contribution in [2.24, 2.45) is 0 Å². The van der Waals surface area contributed by atoms with Gasteiger partial charge in [-0.1, -0.05) is 6.07 Å². The van der Waals surface area contributed by atoms with Crippen molar-refractivity contribution in [1.82, 2.24) is 4.98 Å². The first-order valence-corrected chi connectivity index (χ1v) is 7.60. The zero-order valence-electron chi connectivity index (χ0n) is 11.0. The molecule has 2 aromatic rings. The van der Waals surface area contributed by atoms with Crippen LogP contribution in [-0.4, -0.2) is 4.98 Å². The number of hydrogen-bond acceptors (Lipinski definition) is 3. The first-order chi connectivity index (χ1) is 8.47. The van der Waals surface area contributed by atoms with Crippen LogP contribution in [0.2, 0.25) is 0 Å². The maximum atomic E-state index is 4.52. The summed E-state index contributed by atoms with van der Waals surface area (Å²) in [5.74, 6) is 0. The highest BCUT2D eigenvalue weighted by Crippen LogP contribution is 2.31. The first-order valence-electron chi connectivity index (χ1n) is 5.92. The quantitative estimate of drug-likeness (QED) is 0.858. The van der Waals surface area contributed by atoms with Gasteiger partial charge in [-0.05, 0) is 60.8 Å². The fourth-order valence-electron chi connectivity index (χ4n) is 1.97. The van der Waals surface area contributed by atoms with Gasteiger partial charge < -0.3 is 5.32 Å². The molecule has 0 spiro atoms. The largest absolute Gasteiger partial charge is 0.376 e. The molecule has 0 amide bonds. The molecule has 1 heterocycles. The van der Waals surface area contributed by atoms with Crippen molar-refractivity contribution in [2.75, 3.05) is 5.32 Å². The fraction of sp³-hybridized carbons (Fsp3) is 0.357. The lowest BCUT2D eigenvalue weighted by Crippen LogP contribution is -2.09. The van der Waals surface area contributed by atoms with Gasteiger partial charge in [0.1, 0.15) is 0 Å². The van der Waals surface area contributed by atoms with E-state index in [1.807, 2.05) is 6.92 Å². The molecule has 0 saturated heterocycles. The number of rotatable bonds is 3. The third-order valence-electron chi connectivity index (χ3n) is 2.87. The molecule has 96 valence electrons. The van der Waals surface area contributed by atoms with Crippen LogP contribution in [0.5, 0.6) is 0 Å². The predicted octanol–water partition coefficient (Wildman–Crippen LogP) is 5.00. The maximum absolute atomic E-state index is 4.52. The Morgan fingerprint density at radius 3 is 2.56 bits per heavy atom. The minimum absolute atomic E-state index is 0.215. The zero-order chi connectivity index (χ0) is 13.3. The third kappa shape index (κ3) is 2.93. The molecule has 1 N–H and O–H groups in total. The van der Waals surface area contributed by atoms with Crippen LogP contribution in [-0.2, 0) is 0 Å². The Hall–Kier alpha value is -0.870. The van der Waals surface area contributed by atoms with Crippen LogP contribution < -0.4 is 5.32 Å². The average Bonchev–Trinajstić information content (AvgIpc) is 2.70. The number of aromatic nitrogens is 1. The predicted molar refractivity (Wildman–Crippen MR) is 82.5 cm³/mol. The van der Waals surface area contributed by atoms with Gasteiger partial charge in [0.15, 0.2) is 0 Å². The molecule has 0 fully saturated rings. The summed E-state index contributed by atoms with van der Waals surface area (Å²) >= 11 is 5.32. The number of halogens is 1. The molecule has 2 rings (SSSR count). The Bertz CT molecular complexity index is 540. The minimum Gasteiger partial charge on any atom is -0.376 e. The standard InChI is InChI=1S/C14H17BrN2S/c1-8-5-9(2)14(12(15)6-8)16-10(3)13-7-18-11(4)17-13/h5-7,10,16H,1-4H3. The molecule has 4 heteroatoms. The molecule has 0 bridgehead atoms. The van der Waals surface area contributed by atoms with Crippen LogP contribution in [0.15, 0.2) is 22.0 Å². The highest BCUT2D eigenvalue weighted by atomic mass is 79.9. The molecule has 0 aliphatic heterocycles. The van der Waals surface area contributed by atoms with E-state index in [0.717, 1.165) is 20.9 Å². The lowest BCUT2D eigenvalue weighted by molar-refractivity contribution is 0.842. The van der Waals surface area contributed by atoms with E-state index in [2.05, 4.69) is 64.5 Å². The van der Waals surface area contributed by atoms with Crippen molar-refractivity contribution >= 4 is 33.0 Å². The van der Waals surface area contributed by atoms with E-state index in [1.54, 1.807) is 11.3 Å². The van der Waals surface area contributed by atoms with Gasteiger partial charge in [-0.3, -0.25) is 0 Å². The van der Waals surface area contributed by atoms with Gasteiger partial charge in [0.05, 0.1) is 22.4 Å². The Labute approximate surface area is 121 Å². The molecule has 1 atom stereocenters. The summed E-state index contributed by atoms with van der Waals surface area (Å²) in [7, 11) is 0. The fourth-order valence-corrected chi connectivity index (χ4v) is 3.46. The third-order valence-corrected chi connectivity index (χ3v) is 4.29. The topological polar surface area (TPSA) is 24.9 Å². The summed E-state index contributed by atoms with van der Waals surface area (Å²) in [5, 5.41) is 6.76. The number of nitrogens with zero attached hydrogens (tertiary/aromatic N) is 1. The summed E-state index contributed by atoms with van der Waals surface area (Å²) in [6, 6.07) is 4.54. The SMILES string of the molecule is Cc1cc(C)c(NC(C)c2csc(C)n2)c(Br)c1. The van der Waals surface area contributed by atoms with Crippen molar-refractivity contribution in [1.29, 1.82) is 0 Å². The molecule has 0 saturated carbocycles. The summed E-state index contributed by atoms with van der Waals surface area (Å²) in [4.78, 5) is 4.52. The lowest BCUT2D eigenvalue weighted by Gasteiger charge is -2.17. The highest BCUT2D eigenvalue weighted by molar-refractivity contribution is 9.10. The van der Waals surface area contributed by atoms with E-state index < -0.39 is 0 Å². The molecule has 1 aromatic heterocycles. The summed E-state index contributed by atoms with van der Waals surface area (Å²) < 4.78 is 1.11. The Kier molecular flexibility index (Phi) is 4.07. The Balaban J connectivity index is 2.24. The van der Waals surface area contributed by atoms with E-state index >= 15 is 0 Å². The molecule has 18 heavy (non-hydrogen) atoms. The number of nitrogens with one attached hydrogen (secondary N) is 1. The van der Waals surface area contributed by atoms with E-state index in [0.29, 0.717) is 0 Å². The number of benzene rings is 1. The second-order valence-electron chi connectivity index (χ2n) is 4.60. The van der Waals surface area contributed by atoms with Gasteiger partial charge >= 0.3 is 0 Å². The normalized spacial score (nSPS) is 12.5. The minimum atomic E-state index is 0.215. The summed E-state index contributed by atoms with van der Waals surface area (Å²) in [6.07, 6.45) is 0. The summed E-state index contributed by atoms with van der Waals surface area (Å²) in [6.45, 7) is 8.40. The van der Waals surface area contributed by atoms with Gasteiger partial charge in [-0.25, -0.2) is 4.98 Å². The van der Waals surface area contributed by atoms with Crippen LogP contribution in [0.1, 0.15) is 34.8 Å². The first kappa shape index (κ1) is 13.6. The van der Waals surface area contributed by atoms with Gasteiger partial charge in [0, 0.05) is 9.85 Å². The maximum Gasteiger partial charge on any atom is 0.0898 e. The van der Waals surface area contributed by atoms with Crippen molar-refractivity contribution < 1.29 is 0 Å². The van der Waals surface area contributed by atoms with Crippen LogP contribution in [0.3, 0.4) is 0 Å². The number of anilines is 1. The van der Waals surface area contributed by atoms with Crippen molar-refractivity contribution in [3.05, 3.63) is 43.8 Å². The molecular weight excluding hydrogens is 308 g/mol. The molecular formula is C14H17BrN2S. The van der Waals surface area contributed by atoms with Crippen LogP contribution in [0, 0.1) is 20.8 Å². The smallest absolute Gasteiger partial charge is 0.0898 e. The van der Waals surface area contributed by atoms with Crippen molar-refractivity contribution in [3.63, 3.8) is 0 Å². The molecule has 2 nitrogen and oxygen atoms in total. The second kappa shape index (κ2) is 5.41. The van der Waals surface area contributed by atoms with E-state index in [-0.39, 0.29) is 6.04 Å². The Morgan fingerprint density at radius 2 is 2.00 bits per heavy atom. The monoisotopic (exact) mass is 324 g/mol. The van der Waals surface area contributed by atoms with Gasteiger partial charge in [0.25, 0.3) is 0 Å². The molecule has 0 aliphatic carbocycles. The van der Waals surface area contributed by atoms with E-state index in [1.165, 1.54) is 11.1 Å². The van der Waals surface area contributed by atoms with Gasteiger partial charge in [0.2, 0.25) is 0 Å². The van der Waals surface area contributed by atoms with Crippen LogP contribution >= 0.6 is 27.3 Å². The lowest BCUT2D eigenvalue weighted by atomic mass is 10.1. The van der Waals surface area contributed by atoms with E-state index in [9.17, 15) is 0 Å². The van der Waals surface area contributed by atoms with Crippen molar-refractivity contribution in [2.45, 2.75) is 33.7 Å². The molecule has 1 unspecified atom stereocenters. The van der Waals surface area contributed by atoms with Gasteiger partial charge in [-0.15, -0.1) is 11.3 Å². The van der Waals surface area contributed by atoms with Crippen LogP contribution in [0.25, 0.3) is 0 Å². The molecule has 0 radical (unpaired) electrons. The number of hydrogen-bond donors (Lipinski definition) is 1. The van der Waals surface area contributed by atoms with Gasteiger partial charge in [-0.2, -0.15) is 0 Å². The summed E-state index contributed by atoms with van der Waals surface area (Å²) in [5.41, 5.74) is 4.77. The zero-order valence-corrected chi connectivity index (χ0v) is 13.4.